The number of rotatable bonds is 2. The Bertz CT molecular complexity index is 372. The lowest BCUT2D eigenvalue weighted by Gasteiger charge is -1.98. The van der Waals surface area contributed by atoms with Crippen molar-refractivity contribution in [2.24, 2.45) is 0 Å². The van der Waals surface area contributed by atoms with E-state index in [0.717, 1.165) is 9.26 Å². The minimum absolute atomic E-state index is 0.531. The molecule has 6 heteroatoms. The van der Waals surface area contributed by atoms with Crippen LogP contribution in [0.4, 0.5) is 11.6 Å². The molecule has 0 atom stereocenters. The highest BCUT2D eigenvalue weighted by molar-refractivity contribution is 14.1. The summed E-state index contributed by atoms with van der Waals surface area (Å²) < 4.78 is 5.63. The lowest BCUT2D eigenvalue weighted by atomic mass is 10.6. The van der Waals surface area contributed by atoms with Gasteiger partial charge in [-0.3, -0.25) is 0 Å². The molecular weight excluding hydrogens is 283 g/mol. The Kier molecular flexibility index (Phi) is 2.39. The fraction of sp³-hybridized carbons (Fsp3) is 0. The van der Waals surface area contributed by atoms with Crippen LogP contribution < -0.4 is 5.32 Å². The number of anilines is 2. The zero-order valence-corrected chi connectivity index (χ0v) is 8.59. The second kappa shape index (κ2) is 3.69. The summed E-state index contributed by atoms with van der Waals surface area (Å²) in [4.78, 5) is 8.11. The molecule has 0 aliphatic heterocycles. The Morgan fingerprint density at radius 2 is 2.00 bits per heavy atom. The molecule has 0 aliphatic carbocycles. The second-order valence-electron chi connectivity index (χ2n) is 2.26. The lowest BCUT2D eigenvalue weighted by Crippen LogP contribution is -1.95. The third-order valence-electron chi connectivity index (χ3n) is 1.31. The van der Waals surface area contributed by atoms with Crippen molar-refractivity contribution < 1.29 is 4.52 Å². The van der Waals surface area contributed by atoms with Gasteiger partial charge in [-0.1, -0.05) is 5.16 Å². The fourth-order valence-electron chi connectivity index (χ4n) is 0.773. The van der Waals surface area contributed by atoms with Crippen LogP contribution in [0.3, 0.4) is 0 Å². The van der Waals surface area contributed by atoms with Crippen LogP contribution in [0, 0.1) is 3.57 Å². The normalized spacial score (nSPS) is 9.92. The Balaban J connectivity index is 2.15. The summed E-state index contributed by atoms with van der Waals surface area (Å²) >= 11 is 2.14. The van der Waals surface area contributed by atoms with Crippen LogP contribution in [-0.4, -0.2) is 15.1 Å². The number of hydrogen-bond donors (Lipinski definition) is 1. The van der Waals surface area contributed by atoms with E-state index in [9.17, 15) is 0 Å². The Morgan fingerprint density at radius 1 is 1.23 bits per heavy atom. The van der Waals surface area contributed by atoms with Crippen molar-refractivity contribution in [2.75, 3.05) is 5.32 Å². The minimum Gasteiger partial charge on any atom is -0.363 e. The lowest BCUT2D eigenvalue weighted by molar-refractivity contribution is 0.420. The average molecular weight is 288 g/mol. The number of halogens is 1. The molecule has 0 aromatic carbocycles. The smallest absolute Gasteiger partial charge is 0.227 e. The first-order valence-electron chi connectivity index (χ1n) is 3.48. The van der Waals surface area contributed by atoms with Crippen molar-refractivity contribution in [3.8, 4) is 0 Å². The largest absolute Gasteiger partial charge is 0.363 e. The predicted octanol–water partition coefficient (Wildman–Crippen LogP) is 1.81. The highest BCUT2D eigenvalue weighted by Crippen LogP contribution is 2.10. The number of nitrogens with zero attached hydrogens (tertiary/aromatic N) is 3. The van der Waals surface area contributed by atoms with Gasteiger partial charge in [-0.15, -0.1) is 0 Å². The molecule has 13 heavy (non-hydrogen) atoms. The van der Waals surface area contributed by atoms with E-state index in [1.54, 1.807) is 18.6 Å². The van der Waals surface area contributed by atoms with Gasteiger partial charge in [0.25, 0.3) is 0 Å². The first kappa shape index (κ1) is 8.42. The van der Waals surface area contributed by atoms with Crippen LogP contribution in [-0.2, 0) is 0 Å². The van der Waals surface area contributed by atoms with E-state index >= 15 is 0 Å². The van der Waals surface area contributed by atoms with E-state index in [2.05, 4.69) is 47.6 Å². The number of nitrogens with one attached hydrogen (secondary N) is 1. The topological polar surface area (TPSA) is 63.8 Å². The molecule has 66 valence electrons. The molecule has 0 bridgehead atoms. The molecule has 0 aliphatic rings. The maximum Gasteiger partial charge on any atom is 0.227 e. The van der Waals surface area contributed by atoms with Gasteiger partial charge in [0.15, 0.2) is 0 Å². The Hall–Kier alpha value is -1.18. The van der Waals surface area contributed by atoms with Crippen LogP contribution in [0.15, 0.2) is 29.4 Å². The third-order valence-corrected chi connectivity index (χ3v) is 1.87. The highest BCUT2D eigenvalue weighted by Gasteiger charge is 1.98. The number of aromatic nitrogens is 3. The molecule has 2 aromatic heterocycles. The molecule has 0 fully saturated rings. The molecule has 5 nitrogen and oxygen atoms in total. The van der Waals surface area contributed by atoms with Gasteiger partial charge in [-0.05, 0) is 22.6 Å². The molecule has 0 unspecified atom stereocenters. The van der Waals surface area contributed by atoms with E-state index in [-0.39, 0.29) is 0 Å². The highest BCUT2D eigenvalue weighted by atomic mass is 127. The summed E-state index contributed by atoms with van der Waals surface area (Å²) in [5, 5.41) is 6.47. The van der Waals surface area contributed by atoms with Crippen LogP contribution in [0.1, 0.15) is 0 Å². The minimum atomic E-state index is 0.531. The van der Waals surface area contributed by atoms with Gasteiger partial charge >= 0.3 is 0 Å². The molecule has 0 amide bonds. The summed E-state index contributed by atoms with van der Waals surface area (Å²) in [5.41, 5.74) is 0.737. The van der Waals surface area contributed by atoms with E-state index in [1.807, 2.05) is 0 Å². The van der Waals surface area contributed by atoms with E-state index < -0.39 is 0 Å². The maximum absolute atomic E-state index is 4.64. The van der Waals surface area contributed by atoms with Crippen molar-refractivity contribution in [3.05, 3.63) is 28.4 Å². The molecule has 0 radical (unpaired) electrons. The van der Waals surface area contributed by atoms with Gasteiger partial charge in [0.2, 0.25) is 5.95 Å². The van der Waals surface area contributed by atoms with Gasteiger partial charge in [0.05, 0.1) is 6.20 Å². The molecule has 1 N–H and O–H groups in total. The number of hydrogen-bond acceptors (Lipinski definition) is 5. The second-order valence-corrected chi connectivity index (χ2v) is 3.51. The van der Waals surface area contributed by atoms with E-state index in [0.29, 0.717) is 5.95 Å². The first-order chi connectivity index (χ1) is 6.34. The van der Waals surface area contributed by atoms with Crippen molar-refractivity contribution in [1.29, 1.82) is 0 Å². The molecule has 0 spiro atoms. The summed E-state index contributed by atoms with van der Waals surface area (Å²) in [5.74, 6) is 0.531. The van der Waals surface area contributed by atoms with Gasteiger partial charge < -0.3 is 9.84 Å². The van der Waals surface area contributed by atoms with Crippen molar-refractivity contribution in [2.45, 2.75) is 0 Å². The molecular formula is C7H5IN4O. The third kappa shape index (κ3) is 2.14. The summed E-state index contributed by atoms with van der Waals surface area (Å²) in [6.07, 6.45) is 6.50. The van der Waals surface area contributed by atoms with Crippen LogP contribution in [0.25, 0.3) is 0 Å². The summed E-state index contributed by atoms with van der Waals surface area (Å²) in [6, 6.07) is 0. The predicted molar refractivity (Wildman–Crippen MR) is 54.5 cm³/mol. The molecule has 2 aromatic rings. The molecule has 2 heterocycles. The van der Waals surface area contributed by atoms with Crippen molar-refractivity contribution in [3.63, 3.8) is 0 Å². The zero-order valence-electron chi connectivity index (χ0n) is 6.44. The molecule has 0 saturated heterocycles. The quantitative estimate of drug-likeness (QED) is 0.854. The summed E-state index contributed by atoms with van der Waals surface area (Å²) in [6.45, 7) is 0. The maximum atomic E-state index is 4.64. The van der Waals surface area contributed by atoms with Crippen LogP contribution in [0.2, 0.25) is 0 Å². The standard InChI is InChI=1S/C7H5IN4O/c8-5-1-9-7(10-2-5)12-6-3-11-13-4-6/h1-4H,(H,9,10,12). The van der Waals surface area contributed by atoms with Gasteiger partial charge in [-0.2, -0.15) is 0 Å². The average Bonchev–Trinajstić information content (AvgIpc) is 2.62. The Morgan fingerprint density at radius 3 is 2.62 bits per heavy atom. The monoisotopic (exact) mass is 288 g/mol. The van der Waals surface area contributed by atoms with Gasteiger partial charge in [0.1, 0.15) is 12.0 Å². The molecule has 2 rings (SSSR count). The van der Waals surface area contributed by atoms with Gasteiger partial charge in [-0.25, -0.2) is 9.97 Å². The fourth-order valence-corrected chi connectivity index (χ4v) is 1.05. The zero-order chi connectivity index (χ0) is 9.10. The van der Waals surface area contributed by atoms with E-state index in [1.165, 1.54) is 6.26 Å². The van der Waals surface area contributed by atoms with Crippen LogP contribution in [0.5, 0.6) is 0 Å². The van der Waals surface area contributed by atoms with E-state index in [4.69, 9.17) is 0 Å². The van der Waals surface area contributed by atoms with Crippen molar-refractivity contribution >= 4 is 34.2 Å². The summed E-state index contributed by atoms with van der Waals surface area (Å²) in [7, 11) is 0. The first-order valence-corrected chi connectivity index (χ1v) is 4.56. The SMILES string of the molecule is Ic1cnc(Nc2cnoc2)nc1. The van der Waals surface area contributed by atoms with Gasteiger partial charge in [0, 0.05) is 16.0 Å². The Labute approximate surface area is 87.7 Å². The molecule has 0 saturated carbocycles. The van der Waals surface area contributed by atoms with Crippen LogP contribution >= 0.6 is 22.6 Å². The van der Waals surface area contributed by atoms with Crippen molar-refractivity contribution in [1.82, 2.24) is 15.1 Å².